The highest BCUT2D eigenvalue weighted by molar-refractivity contribution is 5.86. The van der Waals surface area contributed by atoms with Crippen LogP contribution in [0.5, 0.6) is 5.75 Å². The molecule has 0 spiro atoms. The summed E-state index contributed by atoms with van der Waals surface area (Å²) in [5, 5.41) is 10.4. The number of nitrogens with one attached hydrogen (secondary N) is 1. The topological polar surface area (TPSA) is 53.1 Å². The molecule has 0 fully saturated rings. The Kier molecular flexibility index (Phi) is 2.83. The molecule has 0 saturated carbocycles. The standard InChI is InChI=1S/C17H15NO2/c1-10-7-11(2)14-9-15(17(20)18-16(14)8-10)12-3-5-13(19)6-4-12/h3-9,19H,1-2H3,(H,18,20). The third kappa shape index (κ3) is 2.07. The van der Waals surface area contributed by atoms with Gasteiger partial charge in [0.15, 0.2) is 0 Å². The van der Waals surface area contributed by atoms with Gasteiger partial charge in [-0.05, 0) is 54.8 Å². The predicted molar refractivity (Wildman–Crippen MR) is 81.1 cm³/mol. The van der Waals surface area contributed by atoms with E-state index in [1.165, 1.54) is 0 Å². The number of aromatic amines is 1. The van der Waals surface area contributed by atoms with Crippen LogP contribution in [-0.2, 0) is 0 Å². The normalized spacial score (nSPS) is 10.9. The molecule has 1 heterocycles. The van der Waals surface area contributed by atoms with Gasteiger partial charge in [-0.1, -0.05) is 18.2 Å². The molecule has 0 bridgehead atoms. The third-order valence-electron chi connectivity index (χ3n) is 3.49. The second-order valence-corrected chi connectivity index (χ2v) is 5.10. The molecule has 20 heavy (non-hydrogen) atoms. The summed E-state index contributed by atoms with van der Waals surface area (Å²) in [5.74, 6) is 0.192. The molecule has 0 unspecified atom stereocenters. The van der Waals surface area contributed by atoms with Crippen molar-refractivity contribution < 1.29 is 5.11 Å². The first kappa shape index (κ1) is 12.5. The average Bonchev–Trinajstić information content (AvgIpc) is 2.39. The maximum atomic E-state index is 12.2. The molecule has 3 heteroatoms. The lowest BCUT2D eigenvalue weighted by Gasteiger charge is -2.07. The van der Waals surface area contributed by atoms with Crippen molar-refractivity contribution in [3.8, 4) is 16.9 Å². The molecular weight excluding hydrogens is 250 g/mol. The number of pyridine rings is 1. The average molecular weight is 265 g/mol. The van der Waals surface area contributed by atoms with Gasteiger partial charge in [0.25, 0.3) is 5.56 Å². The van der Waals surface area contributed by atoms with Gasteiger partial charge in [0, 0.05) is 16.5 Å². The SMILES string of the molecule is Cc1cc(C)c2cc(-c3ccc(O)cc3)c(=O)[nH]c2c1. The van der Waals surface area contributed by atoms with Gasteiger partial charge < -0.3 is 10.1 Å². The zero-order valence-corrected chi connectivity index (χ0v) is 11.4. The summed E-state index contributed by atoms with van der Waals surface area (Å²) < 4.78 is 0. The number of rotatable bonds is 1. The fourth-order valence-corrected chi connectivity index (χ4v) is 2.53. The quantitative estimate of drug-likeness (QED) is 0.707. The molecule has 2 aromatic carbocycles. The molecule has 3 aromatic rings. The van der Waals surface area contributed by atoms with Crippen molar-refractivity contribution >= 4 is 10.9 Å². The number of hydrogen-bond donors (Lipinski definition) is 2. The lowest BCUT2D eigenvalue weighted by Crippen LogP contribution is -2.09. The van der Waals surface area contributed by atoms with Gasteiger partial charge >= 0.3 is 0 Å². The summed E-state index contributed by atoms with van der Waals surface area (Å²) in [6.07, 6.45) is 0. The molecule has 0 radical (unpaired) electrons. The van der Waals surface area contributed by atoms with Crippen LogP contribution < -0.4 is 5.56 Å². The number of hydrogen-bond acceptors (Lipinski definition) is 2. The van der Waals surface area contributed by atoms with Crippen LogP contribution in [-0.4, -0.2) is 10.1 Å². The van der Waals surface area contributed by atoms with Crippen molar-refractivity contribution in [2.75, 3.05) is 0 Å². The summed E-state index contributed by atoms with van der Waals surface area (Å²) in [6, 6.07) is 12.6. The molecule has 0 aliphatic rings. The first-order valence-corrected chi connectivity index (χ1v) is 6.48. The molecular formula is C17H15NO2. The maximum absolute atomic E-state index is 12.2. The molecule has 0 saturated heterocycles. The maximum Gasteiger partial charge on any atom is 0.256 e. The molecule has 100 valence electrons. The van der Waals surface area contributed by atoms with Crippen LogP contribution in [0.1, 0.15) is 11.1 Å². The van der Waals surface area contributed by atoms with E-state index in [2.05, 4.69) is 11.1 Å². The summed E-state index contributed by atoms with van der Waals surface area (Å²) >= 11 is 0. The molecule has 3 nitrogen and oxygen atoms in total. The molecule has 2 N–H and O–H groups in total. The second kappa shape index (κ2) is 4.53. The van der Waals surface area contributed by atoms with Crippen LogP contribution >= 0.6 is 0 Å². The minimum absolute atomic E-state index is 0.117. The van der Waals surface area contributed by atoms with Crippen molar-refractivity contribution in [1.82, 2.24) is 4.98 Å². The van der Waals surface area contributed by atoms with Gasteiger partial charge in [-0.25, -0.2) is 0 Å². The van der Waals surface area contributed by atoms with Crippen LogP contribution in [0.15, 0.2) is 47.3 Å². The number of aromatic nitrogens is 1. The first-order chi connectivity index (χ1) is 9.54. The molecule has 0 aliphatic carbocycles. The number of phenols is 1. The van der Waals surface area contributed by atoms with Gasteiger partial charge in [-0.3, -0.25) is 4.79 Å². The number of phenolic OH excluding ortho intramolecular Hbond substituents is 1. The Morgan fingerprint density at radius 2 is 1.70 bits per heavy atom. The third-order valence-corrected chi connectivity index (χ3v) is 3.49. The molecule has 1 aromatic heterocycles. The van der Waals surface area contributed by atoms with E-state index in [4.69, 9.17) is 0 Å². The summed E-state index contributed by atoms with van der Waals surface area (Å²) in [5.41, 5.74) is 4.41. The highest BCUT2D eigenvalue weighted by Crippen LogP contribution is 2.24. The number of H-pyrrole nitrogens is 1. The summed E-state index contributed by atoms with van der Waals surface area (Å²) in [6.45, 7) is 4.05. The number of fused-ring (bicyclic) bond motifs is 1. The van der Waals surface area contributed by atoms with Gasteiger partial charge in [0.2, 0.25) is 0 Å². The van der Waals surface area contributed by atoms with Crippen LogP contribution in [0, 0.1) is 13.8 Å². The van der Waals surface area contributed by atoms with E-state index < -0.39 is 0 Å². The second-order valence-electron chi connectivity index (χ2n) is 5.10. The molecule has 0 amide bonds. The smallest absolute Gasteiger partial charge is 0.256 e. The van der Waals surface area contributed by atoms with Crippen LogP contribution in [0.4, 0.5) is 0 Å². The Morgan fingerprint density at radius 1 is 1.00 bits per heavy atom. The Hall–Kier alpha value is -2.55. The van der Waals surface area contributed by atoms with Gasteiger partial charge in [0.05, 0.1) is 0 Å². The van der Waals surface area contributed by atoms with Crippen LogP contribution in [0.2, 0.25) is 0 Å². The van der Waals surface area contributed by atoms with Crippen molar-refractivity contribution in [2.24, 2.45) is 0 Å². The minimum Gasteiger partial charge on any atom is -0.508 e. The monoisotopic (exact) mass is 265 g/mol. The Morgan fingerprint density at radius 3 is 2.40 bits per heavy atom. The minimum atomic E-state index is -0.117. The summed E-state index contributed by atoms with van der Waals surface area (Å²) in [4.78, 5) is 15.2. The fraction of sp³-hybridized carbons (Fsp3) is 0.118. The van der Waals surface area contributed by atoms with Crippen molar-refractivity contribution in [2.45, 2.75) is 13.8 Å². The highest BCUT2D eigenvalue weighted by Gasteiger charge is 2.07. The lowest BCUT2D eigenvalue weighted by atomic mass is 10.0. The first-order valence-electron chi connectivity index (χ1n) is 6.48. The molecule has 3 rings (SSSR count). The van der Waals surface area contributed by atoms with E-state index in [1.807, 2.05) is 26.0 Å². The predicted octanol–water partition coefficient (Wildman–Crippen LogP) is 3.52. The number of aryl methyl sites for hydroxylation is 2. The number of aromatic hydroxyl groups is 1. The Bertz CT molecular complexity index is 845. The van der Waals surface area contributed by atoms with Gasteiger partial charge in [-0.15, -0.1) is 0 Å². The van der Waals surface area contributed by atoms with Crippen molar-refractivity contribution in [3.05, 3.63) is 63.9 Å². The van der Waals surface area contributed by atoms with Crippen molar-refractivity contribution in [1.29, 1.82) is 0 Å². The highest BCUT2D eigenvalue weighted by atomic mass is 16.3. The zero-order chi connectivity index (χ0) is 14.3. The summed E-state index contributed by atoms with van der Waals surface area (Å²) in [7, 11) is 0. The van der Waals surface area contributed by atoms with Crippen LogP contribution in [0.25, 0.3) is 22.0 Å². The Labute approximate surface area is 116 Å². The van der Waals surface area contributed by atoms with E-state index >= 15 is 0 Å². The van der Waals surface area contributed by atoms with Crippen LogP contribution in [0.3, 0.4) is 0 Å². The molecule has 0 atom stereocenters. The van der Waals surface area contributed by atoms with E-state index in [1.54, 1.807) is 24.3 Å². The largest absolute Gasteiger partial charge is 0.508 e. The number of benzene rings is 2. The van der Waals surface area contributed by atoms with Crippen molar-refractivity contribution in [3.63, 3.8) is 0 Å². The Balaban J connectivity index is 2.29. The van der Waals surface area contributed by atoms with Gasteiger partial charge in [0.1, 0.15) is 5.75 Å². The van der Waals surface area contributed by atoms with E-state index in [9.17, 15) is 9.90 Å². The van der Waals surface area contributed by atoms with E-state index in [0.29, 0.717) is 5.56 Å². The molecule has 0 aliphatic heterocycles. The van der Waals surface area contributed by atoms with Gasteiger partial charge in [-0.2, -0.15) is 0 Å². The zero-order valence-electron chi connectivity index (χ0n) is 11.4. The lowest BCUT2D eigenvalue weighted by molar-refractivity contribution is 0.475. The fourth-order valence-electron chi connectivity index (χ4n) is 2.53. The van der Waals surface area contributed by atoms with E-state index in [0.717, 1.165) is 27.6 Å². The van der Waals surface area contributed by atoms with E-state index in [-0.39, 0.29) is 11.3 Å².